The van der Waals surface area contributed by atoms with Gasteiger partial charge in [-0.25, -0.2) is 0 Å². The van der Waals surface area contributed by atoms with E-state index in [4.69, 9.17) is 9.47 Å². The molecule has 1 aromatic carbocycles. The second-order valence-corrected chi connectivity index (χ2v) is 4.05. The highest BCUT2D eigenvalue weighted by Gasteiger charge is 2.40. The quantitative estimate of drug-likeness (QED) is 0.758. The molecule has 76 valence electrons. The van der Waals surface area contributed by atoms with Gasteiger partial charge in [0.1, 0.15) is 0 Å². The summed E-state index contributed by atoms with van der Waals surface area (Å²) in [4.78, 5) is 0. The molecule has 0 N–H and O–H groups in total. The predicted molar refractivity (Wildman–Crippen MR) is 58.4 cm³/mol. The van der Waals surface area contributed by atoms with E-state index in [0.717, 1.165) is 5.56 Å². The molecule has 1 fully saturated rings. The van der Waals surface area contributed by atoms with Gasteiger partial charge in [0.15, 0.2) is 0 Å². The number of rotatable bonds is 2. The van der Waals surface area contributed by atoms with Crippen LogP contribution < -0.4 is 0 Å². The lowest BCUT2D eigenvalue weighted by Gasteiger charge is -2.25. The maximum absolute atomic E-state index is 5.82. The van der Waals surface area contributed by atoms with E-state index < -0.39 is 5.79 Å². The van der Waals surface area contributed by atoms with Crippen molar-refractivity contribution in [2.45, 2.75) is 18.8 Å². The highest BCUT2D eigenvalue weighted by atomic mass is 79.9. The summed E-state index contributed by atoms with van der Waals surface area (Å²) in [6.07, 6.45) is 0.160. The SMILES string of the molecule is C[C@H]1COC(CBr)(c2ccccc2)O1. The molecule has 0 spiro atoms. The summed E-state index contributed by atoms with van der Waals surface area (Å²) < 4.78 is 11.5. The number of hydrogen-bond donors (Lipinski definition) is 0. The van der Waals surface area contributed by atoms with E-state index in [1.54, 1.807) is 0 Å². The first-order chi connectivity index (χ1) is 6.77. The minimum atomic E-state index is -0.583. The minimum absolute atomic E-state index is 0.160. The van der Waals surface area contributed by atoms with Gasteiger partial charge < -0.3 is 9.47 Å². The first-order valence-electron chi connectivity index (χ1n) is 4.70. The van der Waals surface area contributed by atoms with E-state index in [0.29, 0.717) is 11.9 Å². The lowest BCUT2D eigenvalue weighted by molar-refractivity contribution is -0.154. The fourth-order valence-corrected chi connectivity index (χ4v) is 2.25. The van der Waals surface area contributed by atoms with Crippen molar-refractivity contribution in [3.8, 4) is 0 Å². The summed E-state index contributed by atoms with van der Waals surface area (Å²) in [5.74, 6) is -0.583. The molecule has 2 atom stereocenters. The molecule has 0 radical (unpaired) electrons. The second-order valence-electron chi connectivity index (χ2n) is 3.49. The molecule has 1 heterocycles. The molecule has 2 rings (SSSR count). The normalized spacial score (nSPS) is 32.0. The molecule has 0 aliphatic carbocycles. The third kappa shape index (κ3) is 1.72. The van der Waals surface area contributed by atoms with Crippen molar-refractivity contribution < 1.29 is 9.47 Å². The molecule has 0 bridgehead atoms. The van der Waals surface area contributed by atoms with Crippen LogP contribution in [0.5, 0.6) is 0 Å². The third-order valence-corrected chi connectivity index (χ3v) is 3.07. The summed E-state index contributed by atoms with van der Waals surface area (Å²) in [6.45, 7) is 2.67. The highest BCUT2D eigenvalue weighted by Crippen LogP contribution is 2.35. The van der Waals surface area contributed by atoms with E-state index in [2.05, 4.69) is 15.9 Å². The Kier molecular flexibility index (Phi) is 2.91. The smallest absolute Gasteiger partial charge is 0.205 e. The fraction of sp³-hybridized carbons (Fsp3) is 0.455. The molecule has 0 aromatic heterocycles. The molecule has 1 aliphatic rings. The van der Waals surface area contributed by atoms with Gasteiger partial charge in [-0.15, -0.1) is 0 Å². The Morgan fingerprint density at radius 1 is 1.43 bits per heavy atom. The van der Waals surface area contributed by atoms with E-state index in [-0.39, 0.29) is 6.10 Å². The first-order valence-corrected chi connectivity index (χ1v) is 5.82. The van der Waals surface area contributed by atoms with Gasteiger partial charge in [0.05, 0.1) is 18.0 Å². The van der Waals surface area contributed by atoms with Crippen LogP contribution in [0.4, 0.5) is 0 Å². The van der Waals surface area contributed by atoms with Gasteiger partial charge in [-0.05, 0) is 6.92 Å². The zero-order valence-electron chi connectivity index (χ0n) is 8.07. The number of benzene rings is 1. The van der Waals surface area contributed by atoms with Gasteiger partial charge in [0.25, 0.3) is 0 Å². The zero-order valence-corrected chi connectivity index (χ0v) is 9.66. The van der Waals surface area contributed by atoms with E-state index in [1.165, 1.54) is 0 Å². The maximum Gasteiger partial charge on any atom is 0.205 e. The van der Waals surface area contributed by atoms with Gasteiger partial charge >= 0.3 is 0 Å². The van der Waals surface area contributed by atoms with E-state index >= 15 is 0 Å². The van der Waals surface area contributed by atoms with Crippen LogP contribution in [-0.2, 0) is 15.3 Å². The van der Waals surface area contributed by atoms with Crippen molar-refractivity contribution >= 4 is 15.9 Å². The van der Waals surface area contributed by atoms with Crippen LogP contribution in [0.1, 0.15) is 12.5 Å². The van der Waals surface area contributed by atoms with Crippen molar-refractivity contribution in [3.05, 3.63) is 35.9 Å². The van der Waals surface area contributed by atoms with Gasteiger partial charge in [-0.3, -0.25) is 0 Å². The van der Waals surface area contributed by atoms with E-state index in [1.807, 2.05) is 37.3 Å². The lowest BCUT2D eigenvalue weighted by Crippen LogP contribution is -2.29. The average Bonchev–Trinajstić information content (AvgIpc) is 2.63. The summed E-state index contributed by atoms with van der Waals surface area (Å²) in [5.41, 5.74) is 1.07. The lowest BCUT2D eigenvalue weighted by atomic mass is 10.1. The van der Waals surface area contributed by atoms with Crippen molar-refractivity contribution in [2.24, 2.45) is 0 Å². The van der Waals surface area contributed by atoms with Gasteiger partial charge in [-0.2, -0.15) is 0 Å². The zero-order chi connectivity index (χ0) is 10.0. The predicted octanol–water partition coefficient (Wildman–Crippen LogP) is 2.67. The average molecular weight is 257 g/mol. The number of ether oxygens (including phenoxy) is 2. The molecule has 1 aromatic rings. The van der Waals surface area contributed by atoms with Crippen LogP contribution in [0, 0.1) is 0 Å². The standard InChI is InChI=1S/C11H13BrO2/c1-9-7-13-11(8-12,14-9)10-5-3-2-4-6-10/h2-6,9H,7-8H2,1H3/t9-,11?/m0/s1. The summed E-state index contributed by atoms with van der Waals surface area (Å²) in [6, 6.07) is 10.0. The molecule has 14 heavy (non-hydrogen) atoms. The molecule has 2 nitrogen and oxygen atoms in total. The van der Waals surface area contributed by atoms with Crippen molar-refractivity contribution in [3.63, 3.8) is 0 Å². The Labute approximate surface area is 92.3 Å². The third-order valence-electron chi connectivity index (χ3n) is 2.33. The van der Waals surface area contributed by atoms with Crippen LogP contribution in [0.25, 0.3) is 0 Å². The van der Waals surface area contributed by atoms with E-state index in [9.17, 15) is 0 Å². The molecular formula is C11H13BrO2. The topological polar surface area (TPSA) is 18.5 Å². The Hall–Kier alpha value is -0.380. The Balaban J connectivity index is 2.30. The fourth-order valence-electron chi connectivity index (χ4n) is 1.64. The molecule has 1 unspecified atom stereocenters. The molecular weight excluding hydrogens is 244 g/mol. The molecule has 1 aliphatic heterocycles. The summed E-state index contributed by atoms with van der Waals surface area (Å²) in [7, 11) is 0. The van der Waals surface area contributed by atoms with Crippen LogP contribution >= 0.6 is 15.9 Å². The largest absolute Gasteiger partial charge is 0.342 e. The van der Waals surface area contributed by atoms with Crippen molar-refractivity contribution in [2.75, 3.05) is 11.9 Å². The first kappa shape index (κ1) is 10.1. The molecule has 0 amide bonds. The Bertz CT molecular complexity index is 301. The van der Waals surface area contributed by atoms with Crippen molar-refractivity contribution in [1.29, 1.82) is 0 Å². The molecule has 3 heteroatoms. The highest BCUT2D eigenvalue weighted by molar-refractivity contribution is 9.09. The monoisotopic (exact) mass is 256 g/mol. The van der Waals surface area contributed by atoms with Crippen LogP contribution in [0.15, 0.2) is 30.3 Å². The molecule has 0 saturated carbocycles. The van der Waals surface area contributed by atoms with Gasteiger partial charge in [0, 0.05) is 5.56 Å². The van der Waals surface area contributed by atoms with Crippen LogP contribution in [0.3, 0.4) is 0 Å². The minimum Gasteiger partial charge on any atom is -0.342 e. The maximum atomic E-state index is 5.82. The second kappa shape index (κ2) is 4.01. The summed E-state index contributed by atoms with van der Waals surface area (Å²) in [5, 5.41) is 0.661. The Morgan fingerprint density at radius 3 is 2.64 bits per heavy atom. The number of halogens is 1. The van der Waals surface area contributed by atoms with Gasteiger partial charge in [0.2, 0.25) is 5.79 Å². The summed E-state index contributed by atoms with van der Waals surface area (Å²) >= 11 is 3.45. The van der Waals surface area contributed by atoms with Crippen molar-refractivity contribution in [1.82, 2.24) is 0 Å². The van der Waals surface area contributed by atoms with Gasteiger partial charge in [-0.1, -0.05) is 46.3 Å². The Morgan fingerprint density at radius 2 is 2.14 bits per heavy atom. The van der Waals surface area contributed by atoms with Crippen LogP contribution in [0.2, 0.25) is 0 Å². The molecule has 1 saturated heterocycles. The number of alkyl halides is 1. The number of hydrogen-bond acceptors (Lipinski definition) is 2. The van der Waals surface area contributed by atoms with Crippen LogP contribution in [-0.4, -0.2) is 18.0 Å².